The molecule has 0 atom stereocenters. The Morgan fingerprint density at radius 1 is 1.17 bits per heavy atom. The predicted molar refractivity (Wildman–Crippen MR) is 94.7 cm³/mol. The number of hydrogen-bond donors (Lipinski definition) is 0. The van der Waals surface area contributed by atoms with Crippen molar-refractivity contribution in [1.82, 2.24) is 0 Å². The molecule has 120 valence electrons. The summed E-state index contributed by atoms with van der Waals surface area (Å²) in [6.07, 6.45) is 1.80. The molecule has 0 amide bonds. The van der Waals surface area contributed by atoms with Gasteiger partial charge in [0.1, 0.15) is 5.75 Å². The number of benzene rings is 2. The summed E-state index contributed by atoms with van der Waals surface area (Å²) in [5.41, 5.74) is 2.89. The van der Waals surface area contributed by atoms with Gasteiger partial charge in [-0.25, -0.2) is 0 Å². The highest BCUT2D eigenvalue weighted by Gasteiger charge is 2.13. The van der Waals surface area contributed by atoms with Crippen LogP contribution in [0, 0.1) is 0 Å². The summed E-state index contributed by atoms with van der Waals surface area (Å²) in [7, 11) is 1.68. The van der Waals surface area contributed by atoms with Gasteiger partial charge < -0.3 is 14.4 Å². The molecule has 1 aliphatic heterocycles. The predicted octanol–water partition coefficient (Wildman–Crippen LogP) is 3.94. The Morgan fingerprint density at radius 2 is 2.00 bits per heavy atom. The van der Waals surface area contributed by atoms with Crippen molar-refractivity contribution in [3.8, 4) is 5.75 Å². The molecule has 0 radical (unpaired) electrons. The number of hydrogen-bond acceptors (Lipinski definition) is 4. The van der Waals surface area contributed by atoms with Gasteiger partial charge in [0.25, 0.3) is 0 Å². The van der Waals surface area contributed by atoms with E-state index in [-0.39, 0.29) is 0 Å². The van der Waals surface area contributed by atoms with Crippen molar-refractivity contribution in [2.75, 3.05) is 38.3 Å². The van der Waals surface area contributed by atoms with E-state index in [9.17, 15) is 0 Å². The summed E-state index contributed by atoms with van der Waals surface area (Å²) < 4.78 is 10.9. The summed E-state index contributed by atoms with van der Waals surface area (Å²) >= 11 is 5.98. The van der Waals surface area contributed by atoms with Gasteiger partial charge in [0.2, 0.25) is 0 Å². The van der Waals surface area contributed by atoms with Crippen LogP contribution in [0.5, 0.6) is 5.75 Å². The van der Waals surface area contributed by atoms with E-state index in [1.54, 1.807) is 13.3 Å². The van der Waals surface area contributed by atoms with E-state index in [0.717, 1.165) is 49.0 Å². The summed E-state index contributed by atoms with van der Waals surface area (Å²) in [5, 5.41) is 0.675. The molecule has 0 saturated carbocycles. The average Bonchev–Trinajstić information content (AvgIpc) is 2.60. The lowest BCUT2D eigenvalue weighted by atomic mass is 10.1. The standard InChI is InChI=1S/C18H19ClN2O2/c1-22-18-12-17(21-7-9-23-10-8-21)6-5-14(18)13-20-16-4-2-3-15(19)11-16/h2-6,11-13H,7-10H2,1H3. The molecule has 0 bridgehead atoms. The molecule has 0 spiro atoms. The maximum atomic E-state index is 5.98. The van der Waals surface area contributed by atoms with Crippen molar-refractivity contribution in [2.45, 2.75) is 0 Å². The first kappa shape index (κ1) is 15.8. The molecule has 0 N–H and O–H groups in total. The minimum absolute atomic E-state index is 0.675. The number of ether oxygens (including phenoxy) is 2. The van der Waals surface area contributed by atoms with Gasteiger partial charge in [-0.3, -0.25) is 4.99 Å². The van der Waals surface area contributed by atoms with Crippen LogP contribution >= 0.6 is 11.6 Å². The highest BCUT2D eigenvalue weighted by Crippen LogP contribution is 2.26. The number of morpholine rings is 1. The normalized spacial score (nSPS) is 15.1. The van der Waals surface area contributed by atoms with Gasteiger partial charge in [-0.2, -0.15) is 0 Å². The molecule has 4 nitrogen and oxygen atoms in total. The highest BCUT2D eigenvalue weighted by atomic mass is 35.5. The Morgan fingerprint density at radius 3 is 2.74 bits per heavy atom. The average molecular weight is 331 g/mol. The second kappa shape index (κ2) is 7.49. The van der Waals surface area contributed by atoms with E-state index in [4.69, 9.17) is 21.1 Å². The van der Waals surface area contributed by atoms with Crippen LogP contribution in [0.15, 0.2) is 47.5 Å². The molecule has 3 rings (SSSR count). The molecule has 1 aliphatic rings. The van der Waals surface area contributed by atoms with Crippen LogP contribution in [0.25, 0.3) is 0 Å². The molecule has 5 heteroatoms. The van der Waals surface area contributed by atoms with Crippen molar-refractivity contribution in [3.05, 3.63) is 53.1 Å². The van der Waals surface area contributed by atoms with Crippen LogP contribution in [0.1, 0.15) is 5.56 Å². The molecule has 23 heavy (non-hydrogen) atoms. The maximum Gasteiger partial charge on any atom is 0.129 e. The Balaban J connectivity index is 1.82. The van der Waals surface area contributed by atoms with Gasteiger partial charge in [0, 0.05) is 41.6 Å². The number of anilines is 1. The molecule has 0 aromatic heterocycles. The zero-order valence-electron chi connectivity index (χ0n) is 13.0. The first-order valence-electron chi connectivity index (χ1n) is 7.56. The minimum Gasteiger partial charge on any atom is -0.496 e. The molecular weight excluding hydrogens is 312 g/mol. The topological polar surface area (TPSA) is 34.1 Å². The first-order chi connectivity index (χ1) is 11.3. The van der Waals surface area contributed by atoms with Crippen LogP contribution in [-0.4, -0.2) is 39.6 Å². The van der Waals surface area contributed by atoms with E-state index in [2.05, 4.69) is 16.0 Å². The lowest BCUT2D eigenvalue weighted by Gasteiger charge is -2.29. The molecule has 1 fully saturated rings. The fourth-order valence-corrected chi connectivity index (χ4v) is 2.71. The quantitative estimate of drug-likeness (QED) is 0.796. The number of methoxy groups -OCH3 is 1. The third kappa shape index (κ3) is 4.03. The third-order valence-corrected chi connectivity index (χ3v) is 3.99. The van der Waals surface area contributed by atoms with Gasteiger partial charge >= 0.3 is 0 Å². The Hall–Kier alpha value is -2.04. The summed E-state index contributed by atoms with van der Waals surface area (Å²) in [6.45, 7) is 3.33. The first-order valence-corrected chi connectivity index (χ1v) is 7.94. The number of halogens is 1. The van der Waals surface area contributed by atoms with Crippen molar-refractivity contribution in [1.29, 1.82) is 0 Å². The zero-order valence-corrected chi connectivity index (χ0v) is 13.8. The van der Waals surface area contributed by atoms with Crippen LogP contribution in [-0.2, 0) is 4.74 Å². The van der Waals surface area contributed by atoms with Crippen molar-refractivity contribution in [2.24, 2.45) is 4.99 Å². The van der Waals surface area contributed by atoms with Crippen LogP contribution in [0.2, 0.25) is 5.02 Å². The van der Waals surface area contributed by atoms with Crippen molar-refractivity contribution in [3.63, 3.8) is 0 Å². The SMILES string of the molecule is COc1cc(N2CCOCC2)ccc1C=Nc1cccc(Cl)c1. The summed E-state index contributed by atoms with van der Waals surface area (Å²) in [4.78, 5) is 6.76. The monoisotopic (exact) mass is 330 g/mol. The van der Waals surface area contributed by atoms with E-state index in [1.807, 2.05) is 36.4 Å². The largest absolute Gasteiger partial charge is 0.496 e. The van der Waals surface area contributed by atoms with Gasteiger partial charge in [-0.1, -0.05) is 17.7 Å². The van der Waals surface area contributed by atoms with E-state index < -0.39 is 0 Å². The van der Waals surface area contributed by atoms with Gasteiger partial charge in [0.15, 0.2) is 0 Å². The van der Waals surface area contributed by atoms with E-state index >= 15 is 0 Å². The third-order valence-electron chi connectivity index (χ3n) is 3.75. The fraction of sp³-hybridized carbons (Fsp3) is 0.278. The van der Waals surface area contributed by atoms with Crippen LogP contribution in [0.3, 0.4) is 0 Å². The van der Waals surface area contributed by atoms with Gasteiger partial charge in [-0.05, 0) is 30.3 Å². The van der Waals surface area contributed by atoms with E-state index in [1.165, 1.54) is 0 Å². The molecule has 0 unspecified atom stereocenters. The molecule has 0 aliphatic carbocycles. The number of aliphatic imine (C=N–C) groups is 1. The maximum absolute atomic E-state index is 5.98. The molecule has 2 aromatic carbocycles. The lowest BCUT2D eigenvalue weighted by molar-refractivity contribution is 0.122. The molecular formula is C18H19ClN2O2. The highest BCUT2D eigenvalue weighted by molar-refractivity contribution is 6.30. The summed E-state index contributed by atoms with van der Waals surface area (Å²) in [5.74, 6) is 0.805. The van der Waals surface area contributed by atoms with Crippen LogP contribution < -0.4 is 9.64 Å². The van der Waals surface area contributed by atoms with Crippen molar-refractivity contribution >= 4 is 29.2 Å². The Kier molecular flexibility index (Phi) is 5.16. The van der Waals surface area contributed by atoms with Crippen molar-refractivity contribution < 1.29 is 9.47 Å². The second-order valence-electron chi connectivity index (χ2n) is 5.26. The molecule has 1 saturated heterocycles. The number of rotatable bonds is 4. The molecule has 2 aromatic rings. The zero-order chi connectivity index (χ0) is 16.1. The smallest absolute Gasteiger partial charge is 0.129 e. The minimum atomic E-state index is 0.675. The number of nitrogens with zero attached hydrogens (tertiary/aromatic N) is 2. The van der Waals surface area contributed by atoms with Gasteiger partial charge in [0.05, 0.1) is 26.0 Å². The Bertz CT molecular complexity index is 697. The lowest BCUT2D eigenvalue weighted by Crippen LogP contribution is -2.36. The van der Waals surface area contributed by atoms with E-state index in [0.29, 0.717) is 5.02 Å². The second-order valence-corrected chi connectivity index (χ2v) is 5.70. The van der Waals surface area contributed by atoms with Crippen LogP contribution in [0.4, 0.5) is 11.4 Å². The van der Waals surface area contributed by atoms with Gasteiger partial charge in [-0.15, -0.1) is 0 Å². The Labute approximate surface area is 141 Å². The fourth-order valence-electron chi connectivity index (χ4n) is 2.53. The summed E-state index contributed by atoms with van der Waals surface area (Å²) in [6, 6.07) is 13.6. The molecule has 1 heterocycles.